The Bertz CT molecular complexity index is 829. The van der Waals surface area contributed by atoms with Crippen LogP contribution in [-0.4, -0.2) is 29.1 Å². The highest BCUT2D eigenvalue weighted by Crippen LogP contribution is 2.31. The van der Waals surface area contributed by atoms with E-state index >= 15 is 0 Å². The average molecular weight is 422 g/mol. The van der Waals surface area contributed by atoms with Gasteiger partial charge in [-0.3, -0.25) is 19.3 Å². The average Bonchev–Trinajstić information content (AvgIpc) is 3.11. The van der Waals surface area contributed by atoms with Crippen molar-refractivity contribution in [3.8, 4) is 0 Å². The first kappa shape index (κ1) is 21.9. The summed E-state index contributed by atoms with van der Waals surface area (Å²) in [5, 5.41) is 9.32. The monoisotopic (exact) mass is 421 g/mol. The third-order valence-corrected chi connectivity index (χ3v) is 4.64. The van der Waals surface area contributed by atoms with Crippen molar-refractivity contribution in [3.63, 3.8) is 0 Å². The fraction of sp³-hybridized carbons (Fsp3) is 0.350. The number of amides is 3. The molecule has 2 aromatic rings. The molecule has 3 amide bonds. The van der Waals surface area contributed by atoms with Crippen LogP contribution in [0.3, 0.4) is 0 Å². The van der Waals surface area contributed by atoms with Gasteiger partial charge in [-0.2, -0.15) is 11.3 Å². The van der Waals surface area contributed by atoms with Crippen LogP contribution in [-0.2, 0) is 14.4 Å². The third kappa shape index (κ3) is 5.81. The van der Waals surface area contributed by atoms with Gasteiger partial charge in [-0.1, -0.05) is 0 Å². The maximum absolute atomic E-state index is 13.1. The Morgan fingerprint density at radius 2 is 1.79 bits per heavy atom. The molecule has 0 spiro atoms. The highest BCUT2D eigenvalue weighted by molar-refractivity contribution is 7.08. The van der Waals surface area contributed by atoms with Gasteiger partial charge in [-0.15, -0.1) is 11.6 Å². The van der Waals surface area contributed by atoms with Crippen molar-refractivity contribution < 1.29 is 14.4 Å². The molecular formula is C20H24ClN3O3S. The molecule has 1 heterocycles. The minimum absolute atomic E-state index is 0.192. The molecular weight excluding hydrogens is 398 g/mol. The molecule has 8 heteroatoms. The van der Waals surface area contributed by atoms with E-state index in [4.69, 9.17) is 11.6 Å². The van der Waals surface area contributed by atoms with Crippen molar-refractivity contribution in [1.29, 1.82) is 0 Å². The standard InChI is InChI=1S/C20H24ClN3O3S/c1-13(25)22-15-5-7-16(8-6-15)24(17(26)11-21)18(14-9-10-28-12-14)19(27)23-20(2,3)4/h5-10,12,18H,11H2,1-4H3,(H,22,25)(H,23,27). The quantitative estimate of drug-likeness (QED) is 0.693. The van der Waals surface area contributed by atoms with E-state index in [-0.39, 0.29) is 17.7 Å². The Morgan fingerprint density at radius 1 is 1.14 bits per heavy atom. The lowest BCUT2D eigenvalue weighted by Crippen LogP contribution is -2.49. The Morgan fingerprint density at radius 3 is 2.25 bits per heavy atom. The molecule has 1 aromatic carbocycles. The fourth-order valence-corrected chi connectivity index (χ4v) is 3.50. The molecule has 0 saturated heterocycles. The minimum Gasteiger partial charge on any atom is -0.349 e. The molecule has 1 atom stereocenters. The number of nitrogens with one attached hydrogen (secondary N) is 2. The number of carbonyl (C=O) groups excluding carboxylic acids is 3. The molecule has 1 aromatic heterocycles. The summed E-state index contributed by atoms with van der Waals surface area (Å²) in [7, 11) is 0. The van der Waals surface area contributed by atoms with Gasteiger partial charge in [0.2, 0.25) is 17.7 Å². The zero-order valence-corrected chi connectivity index (χ0v) is 17.9. The molecule has 0 saturated carbocycles. The second-order valence-corrected chi connectivity index (χ2v) is 8.37. The second kappa shape index (κ2) is 9.21. The van der Waals surface area contributed by atoms with Crippen LogP contribution in [0.1, 0.15) is 39.3 Å². The van der Waals surface area contributed by atoms with Gasteiger partial charge in [0.25, 0.3) is 0 Å². The molecule has 150 valence electrons. The number of rotatable bonds is 6. The maximum Gasteiger partial charge on any atom is 0.248 e. The summed E-state index contributed by atoms with van der Waals surface area (Å²) in [6.45, 7) is 7.06. The summed E-state index contributed by atoms with van der Waals surface area (Å²) in [6.07, 6.45) is 0. The SMILES string of the molecule is CC(=O)Nc1ccc(N(C(=O)CCl)C(C(=O)NC(C)(C)C)c2ccsc2)cc1. The molecule has 0 fully saturated rings. The smallest absolute Gasteiger partial charge is 0.248 e. The van der Waals surface area contributed by atoms with Crippen LogP contribution >= 0.6 is 22.9 Å². The molecule has 1 unspecified atom stereocenters. The predicted octanol–water partition coefficient (Wildman–Crippen LogP) is 3.93. The predicted molar refractivity (Wildman–Crippen MR) is 114 cm³/mol. The van der Waals surface area contributed by atoms with E-state index in [1.165, 1.54) is 23.2 Å². The van der Waals surface area contributed by atoms with Gasteiger partial charge < -0.3 is 10.6 Å². The Labute approximate surface area is 173 Å². The number of thiophene rings is 1. The van der Waals surface area contributed by atoms with Crippen LogP contribution in [0.25, 0.3) is 0 Å². The van der Waals surface area contributed by atoms with Crippen LogP contribution in [0.2, 0.25) is 0 Å². The topological polar surface area (TPSA) is 78.5 Å². The van der Waals surface area contributed by atoms with E-state index in [1.54, 1.807) is 24.3 Å². The first-order chi connectivity index (χ1) is 13.1. The number of anilines is 2. The van der Waals surface area contributed by atoms with Crippen LogP contribution < -0.4 is 15.5 Å². The lowest BCUT2D eigenvalue weighted by molar-refractivity contribution is -0.127. The summed E-state index contributed by atoms with van der Waals surface area (Å²) < 4.78 is 0. The highest BCUT2D eigenvalue weighted by atomic mass is 35.5. The molecule has 6 nitrogen and oxygen atoms in total. The second-order valence-electron chi connectivity index (χ2n) is 7.32. The van der Waals surface area contributed by atoms with Crippen molar-refractivity contribution in [2.45, 2.75) is 39.3 Å². The largest absolute Gasteiger partial charge is 0.349 e. The van der Waals surface area contributed by atoms with Gasteiger partial charge in [-0.05, 0) is 67.4 Å². The lowest BCUT2D eigenvalue weighted by Gasteiger charge is -2.33. The first-order valence-electron chi connectivity index (χ1n) is 8.72. The van der Waals surface area contributed by atoms with Gasteiger partial charge in [0.05, 0.1) is 0 Å². The zero-order valence-electron chi connectivity index (χ0n) is 16.3. The van der Waals surface area contributed by atoms with E-state index in [2.05, 4.69) is 10.6 Å². The number of hydrogen-bond donors (Lipinski definition) is 2. The van der Waals surface area contributed by atoms with E-state index in [9.17, 15) is 14.4 Å². The lowest BCUT2D eigenvalue weighted by atomic mass is 10.0. The van der Waals surface area contributed by atoms with Crippen LogP contribution in [0.4, 0.5) is 11.4 Å². The number of hydrogen-bond acceptors (Lipinski definition) is 4. The third-order valence-electron chi connectivity index (χ3n) is 3.71. The number of carbonyl (C=O) groups is 3. The molecule has 0 radical (unpaired) electrons. The summed E-state index contributed by atoms with van der Waals surface area (Å²) in [5.74, 6) is -1.15. The normalized spacial score (nSPS) is 12.2. The van der Waals surface area contributed by atoms with Crippen LogP contribution in [0, 0.1) is 0 Å². The Balaban J connectivity index is 2.48. The summed E-state index contributed by atoms with van der Waals surface area (Å²) in [6, 6.07) is 7.68. The molecule has 0 bridgehead atoms. The minimum atomic E-state index is -0.858. The van der Waals surface area contributed by atoms with Gasteiger partial charge in [0.1, 0.15) is 11.9 Å². The van der Waals surface area contributed by atoms with Gasteiger partial charge in [-0.25, -0.2) is 0 Å². The van der Waals surface area contributed by atoms with E-state index < -0.39 is 17.5 Å². The summed E-state index contributed by atoms with van der Waals surface area (Å²) >= 11 is 7.31. The van der Waals surface area contributed by atoms with Crippen molar-refractivity contribution >= 4 is 52.0 Å². The fourth-order valence-electron chi connectivity index (χ4n) is 2.70. The first-order valence-corrected chi connectivity index (χ1v) is 10.2. The number of halogens is 1. The van der Waals surface area contributed by atoms with E-state index in [0.29, 0.717) is 16.9 Å². The molecule has 0 aliphatic heterocycles. The van der Waals surface area contributed by atoms with Crippen molar-refractivity contribution in [2.75, 3.05) is 16.1 Å². The maximum atomic E-state index is 13.1. The summed E-state index contributed by atoms with van der Waals surface area (Å²) in [4.78, 5) is 38.5. The Kier molecular flexibility index (Phi) is 7.21. The molecule has 2 N–H and O–H groups in total. The highest BCUT2D eigenvalue weighted by Gasteiger charge is 2.34. The van der Waals surface area contributed by atoms with E-state index in [0.717, 1.165) is 0 Å². The van der Waals surface area contributed by atoms with Crippen molar-refractivity contribution in [2.24, 2.45) is 0 Å². The van der Waals surface area contributed by atoms with Gasteiger partial charge in [0.15, 0.2) is 0 Å². The van der Waals surface area contributed by atoms with Crippen LogP contribution in [0.5, 0.6) is 0 Å². The van der Waals surface area contributed by atoms with E-state index in [1.807, 2.05) is 37.6 Å². The number of alkyl halides is 1. The molecule has 0 aliphatic carbocycles. The van der Waals surface area contributed by atoms with Crippen molar-refractivity contribution in [3.05, 3.63) is 46.7 Å². The number of nitrogens with zero attached hydrogens (tertiary/aromatic N) is 1. The number of benzene rings is 1. The molecule has 28 heavy (non-hydrogen) atoms. The Hall–Kier alpha value is -2.38. The summed E-state index contributed by atoms with van der Waals surface area (Å²) in [5.41, 5.74) is 1.35. The van der Waals surface area contributed by atoms with Gasteiger partial charge in [0, 0.05) is 23.8 Å². The molecule has 0 aliphatic rings. The van der Waals surface area contributed by atoms with Crippen molar-refractivity contribution in [1.82, 2.24) is 5.32 Å². The molecule has 2 rings (SSSR count). The zero-order chi connectivity index (χ0) is 20.9. The van der Waals surface area contributed by atoms with Gasteiger partial charge >= 0.3 is 0 Å². The van der Waals surface area contributed by atoms with Crippen LogP contribution in [0.15, 0.2) is 41.1 Å².